The average Bonchev–Trinajstić information content (AvgIpc) is 3.35. The number of rotatable bonds is 5. The maximum Gasteiger partial charge on any atom is 0.0190 e. The fraction of sp³-hybridized carbons (Fsp3) is 0.167. The standard InChI is InChI=1S/C14H14N.4C13H12N.5Ir/c1-10-4-5-14(15-9-10)13-7-11(2)6-12(3)8-13;2*1-10-4-3-5-12(8-10)13-9-11(2)6-7-14-13;2*1-10-4-3-5-12(8-10)13-7-6-11(2)9-14-13;;;;;/h4-7,9H,1-3H3;4*3-4,6-9H,1-2H3;;;;;/q5*-1;;;;;. The Hall–Kier alpha value is -4.90. The van der Waals surface area contributed by atoms with Crippen molar-refractivity contribution in [3.63, 3.8) is 0 Å². The molecule has 10 aromatic rings. The van der Waals surface area contributed by atoms with Gasteiger partial charge in [0.2, 0.25) is 0 Å². The van der Waals surface area contributed by atoms with Crippen molar-refractivity contribution in [2.45, 2.75) is 76.2 Å². The Labute approximate surface area is 520 Å². The third kappa shape index (κ3) is 23.4. The molecular formula is C66H62Ir5N5-5. The number of benzene rings is 5. The molecule has 0 bridgehead atoms. The molecule has 10 rings (SSSR count). The minimum Gasteiger partial charge on any atom is -0.305 e. The largest absolute Gasteiger partial charge is 0.305 e. The van der Waals surface area contributed by atoms with E-state index >= 15 is 0 Å². The van der Waals surface area contributed by atoms with Gasteiger partial charge < -0.3 is 24.9 Å². The molecule has 5 heterocycles. The van der Waals surface area contributed by atoms with Crippen molar-refractivity contribution in [2.75, 3.05) is 0 Å². The molecule has 10 heteroatoms. The summed E-state index contributed by atoms with van der Waals surface area (Å²) in [7, 11) is 0. The number of nitrogens with zero attached hydrogens (tertiary/aromatic N) is 5. The molecule has 76 heavy (non-hydrogen) atoms. The maximum atomic E-state index is 4.40. The molecule has 5 radical (unpaired) electrons. The molecule has 5 nitrogen and oxygen atoms in total. The van der Waals surface area contributed by atoms with Crippen LogP contribution in [0.15, 0.2) is 177 Å². The molecule has 0 aliphatic rings. The first kappa shape index (κ1) is 69.1. The minimum absolute atomic E-state index is 0. The van der Waals surface area contributed by atoms with Crippen LogP contribution in [0.5, 0.6) is 0 Å². The number of aromatic nitrogens is 5. The van der Waals surface area contributed by atoms with Gasteiger partial charge >= 0.3 is 0 Å². The van der Waals surface area contributed by atoms with Crippen molar-refractivity contribution >= 4 is 0 Å². The van der Waals surface area contributed by atoms with Gasteiger partial charge in [0.15, 0.2) is 0 Å². The van der Waals surface area contributed by atoms with Gasteiger partial charge in [0, 0.05) is 132 Å². The normalized spacial score (nSPS) is 9.51. The van der Waals surface area contributed by atoms with Crippen LogP contribution in [-0.4, -0.2) is 24.9 Å². The smallest absolute Gasteiger partial charge is 0.0190 e. The second-order valence-corrected chi connectivity index (χ2v) is 18.0. The van der Waals surface area contributed by atoms with Crippen LogP contribution in [0.1, 0.15) is 61.2 Å². The Morgan fingerprint density at radius 3 is 0.816 bits per heavy atom. The molecular weight excluding hydrogens is 1820 g/mol. The van der Waals surface area contributed by atoms with Crippen LogP contribution in [0.2, 0.25) is 0 Å². The number of hydrogen-bond donors (Lipinski definition) is 0. The van der Waals surface area contributed by atoms with Gasteiger partial charge in [-0.3, -0.25) is 0 Å². The quantitative estimate of drug-likeness (QED) is 0.161. The van der Waals surface area contributed by atoms with Crippen LogP contribution in [-0.2, 0) is 101 Å². The third-order valence-electron chi connectivity index (χ3n) is 10.9. The van der Waals surface area contributed by atoms with Gasteiger partial charge in [-0.2, -0.15) is 0 Å². The van der Waals surface area contributed by atoms with E-state index in [1.54, 1.807) is 0 Å². The van der Waals surface area contributed by atoms with E-state index in [2.05, 4.69) is 177 Å². The van der Waals surface area contributed by atoms with Crippen molar-refractivity contribution < 1.29 is 101 Å². The van der Waals surface area contributed by atoms with Gasteiger partial charge in [0.25, 0.3) is 0 Å². The minimum atomic E-state index is 0. The second kappa shape index (κ2) is 35.5. The van der Waals surface area contributed by atoms with Crippen LogP contribution in [0.3, 0.4) is 0 Å². The predicted octanol–water partition coefficient (Wildman–Crippen LogP) is 16.1. The van der Waals surface area contributed by atoms with Gasteiger partial charge in [-0.15, -0.1) is 176 Å². The first-order valence-corrected chi connectivity index (χ1v) is 23.8. The Balaban J connectivity index is 0.000000467. The second-order valence-electron chi connectivity index (χ2n) is 18.0. The van der Waals surface area contributed by atoms with E-state index in [9.17, 15) is 0 Å². The Morgan fingerprint density at radius 2 is 0.539 bits per heavy atom. The zero-order valence-corrected chi connectivity index (χ0v) is 56.6. The van der Waals surface area contributed by atoms with Crippen molar-refractivity contribution in [3.8, 4) is 56.3 Å². The summed E-state index contributed by atoms with van der Waals surface area (Å²) in [5.74, 6) is 0. The molecule has 0 amide bonds. The van der Waals surface area contributed by atoms with E-state index < -0.39 is 0 Å². The van der Waals surface area contributed by atoms with Crippen molar-refractivity contribution in [3.05, 3.63) is 268 Å². The Morgan fingerprint density at radius 1 is 0.250 bits per heavy atom. The molecule has 401 valence electrons. The number of aryl methyl sites for hydroxylation is 11. The molecule has 0 aliphatic heterocycles. The first-order valence-electron chi connectivity index (χ1n) is 23.8. The van der Waals surface area contributed by atoms with Crippen molar-refractivity contribution in [2.24, 2.45) is 0 Å². The van der Waals surface area contributed by atoms with Crippen molar-refractivity contribution in [1.82, 2.24) is 24.9 Å². The fourth-order valence-corrected chi connectivity index (χ4v) is 7.19. The molecule has 0 N–H and O–H groups in total. The summed E-state index contributed by atoms with van der Waals surface area (Å²) < 4.78 is 0. The van der Waals surface area contributed by atoms with E-state index in [1.807, 2.05) is 131 Å². The SMILES string of the molecule is Cc1[c-]c(-c2ccc(C)cn2)cc(C)c1.Cc1cc[c-]c(-c2cc(C)ccn2)c1.Cc1cc[c-]c(-c2cc(C)ccn2)c1.Cc1ccc(-c2[c-]ccc(C)c2)nc1.Cc1ccc(-c2[c-]ccc(C)c2)nc1.[Ir].[Ir].[Ir].[Ir].[Ir]. The van der Waals surface area contributed by atoms with Crippen LogP contribution in [0.4, 0.5) is 0 Å². The van der Waals surface area contributed by atoms with Crippen molar-refractivity contribution in [1.29, 1.82) is 0 Å². The summed E-state index contributed by atoms with van der Waals surface area (Å²) in [6.45, 7) is 22.7. The van der Waals surface area contributed by atoms with E-state index in [1.165, 1.54) is 55.6 Å². The van der Waals surface area contributed by atoms with Gasteiger partial charge in [-0.05, 0) is 91.9 Å². The van der Waals surface area contributed by atoms with Gasteiger partial charge in [0.05, 0.1) is 0 Å². The molecule has 0 fully saturated rings. The molecule has 0 saturated carbocycles. The Bertz CT molecular complexity index is 2990. The summed E-state index contributed by atoms with van der Waals surface area (Å²) in [4.78, 5) is 21.8. The van der Waals surface area contributed by atoms with Gasteiger partial charge in [0.1, 0.15) is 0 Å². The number of hydrogen-bond acceptors (Lipinski definition) is 5. The monoisotopic (exact) mass is 1890 g/mol. The summed E-state index contributed by atoms with van der Waals surface area (Å²) >= 11 is 0. The topological polar surface area (TPSA) is 64.5 Å². The predicted molar refractivity (Wildman–Crippen MR) is 295 cm³/mol. The Kier molecular flexibility index (Phi) is 32.3. The van der Waals surface area contributed by atoms with Gasteiger partial charge in [-0.25, -0.2) is 0 Å². The van der Waals surface area contributed by atoms with Crippen LogP contribution < -0.4 is 0 Å². The fourth-order valence-electron chi connectivity index (χ4n) is 7.19. The summed E-state index contributed by atoms with van der Waals surface area (Å²) in [5.41, 5.74) is 23.6. The average molecular weight is 1890 g/mol. The van der Waals surface area contributed by atoms with E-state index in [-0.39, 0.29) is 101 Å². The van der Waals surface area contributed by atoms with Gasteiger partial charge in [-0.1, -0.05) is 101 Å². The molecule has 5 aromatic heterocycles. The zero-order valence-electron chi connectivity index (χ0n) is 44.6. The van der Waals surface area contributed by atoms with E-state index in [0.29, 0.717) is 0 Å². The van der Waals surface area contributed by atoms with Crippen LogP contribution in [0, 0.1) is 106 Å². The maximum absolute atomic E-state index is 4.40. The summed E-state index contributed by atoms with van der Waals surface area (Å²) in [6.07, 6.45) is 9.32. The summed E-state index contributed by atoms with van der Waals surface area (Å²) in [6, 6.07) is 65.1. The molecule has 0 spiro atoms. The summed E-state index contributed by atoms with van der Waals surface area (Å²) in [5, 5.41) is 0. The molecule has 0 saturated heterocycles. The van der Waals surface area contributed by atoms with Crippen LogP contribution in [0.25, 0.3) is 56.3 Å². The van der Waals surface area contributed by atoms with E-state index in [4.69, 9.17) is 0 Å². The van der Waals surface area contributed by atoms with Crippen LogP contribution >= 0.6 is 0 Å². The molecule has 5 aromatic carbocycles. The number of pyridine rings is 5. The molecule has 0 unspecified atom stereocenters. The van der Waals surface area contributed by atoms with E-state index in [0.717, 1.165) is 61.9 Å². The molecule has 0 aliphatic carbocycles. The third-order valence-corrected chi connectivity index (χ3v) is 10.9. The molecule has 0 atom stereocenters. The zero-order chi connectivity index (χ0) is 50.7. The first-order chi connectivity index (χ1) is 34.2.